The number of ether oxygens (including phenoxy) is 1. The molecular weight excluding hydrogens is 252 g/mol. The summed E-state index contributed by atoms with van der Waals surface area (Å²) in [5.74, 6) is 1.60. The Bertz CT molecular complexity index is 389. The molecule has 4 heteroatoms. The Hall–Kier alpha value is -1.55. The van der Waals surface area contributed by atoms with Crippen molar-refractivity contribution in [2.24, 2.45) is 5.92 Å². The molecule has 110 valence electrons. The molecule has 1 aromatic rings. The second-order valence-electron chi connectivity index (χ2n) is 5.26. The van der Waals surface area contributed by atoms with Crippen LogP contribution in [-0.4, -0.2) is 32.1 Å². The monoisotopic (exact) mass is 276 g/mol. The Morgan fingerprint density at radius 3 is 2.95 bits per heavy atom. The number of benzene rings is 1. The number of hydrogen-bond donors (Lipinski definition) is 2. The molecule has 0 spiro atoms. The van der Waals surface area contributed by atoms with Crippen molar-refractivity contribution in [1.29, 1.82) is 0 Å². The van der Waals surface area contributed by atoms with Gasteiger partial charge in [0.05, 0.1) is 13.0 Å². The van der Waals surface area contributed by atoms with Crippen LogP contribution in [0.5, 0.6) is 5.75 Å². The van der Waals surface area contributed by atoms with E-state index in [1.165, 1.54) is 12.8 Å². The van der Waals surface area contributed by atoms with Crippen molar-refractivity contribution in [3.63, 3.8) is 0 Å². The highest BCUT2D eigenvalue weighted by molar-refractivity contribution is 5.75. The third kappa shape index (κ3) is 5.61. The molecule has 0 aromatic heterocycles. The molecule has 1 aliphatic rings. The summed E-state index contributed by atoms with van der Waals surface area (Å²) < 4.78 is 5.50. The normalized spacial score (nSPS) is 18.5. The molecule has 1 aliphatic heterocycles. The van der Waals surface area contributed by atoms with Gasteiger partial charge >= 0.3 is 0 Å². The van der Waals surface area contributed by atoms with Gasteiger partial charge in [0.1, 0.15) is 5.75 Å². The predicted octanol–water partition coefficient (Wildman–Crippen LogP) is 1.96. The summed E-state index contributed by atoms with van der Waals surface area (Å²) in [6, 6.07) is 9.59. The minimum Gasteiger partial charge on any atom is -0.493 e. The van der Waals surface area contributed by atoms with Crippen molar-refractivity contribution in [3.05, 3.63) is 30.3 Å². The number of rotatable bonds is 7. The maximum Gasteiger partial charge on any atom is 0.223 e. The number of carbonyl (C=O) groups is 1. The van der Waals surface area contributed by atoms with E-state index >= 15 is 0 Å². The maximum atomic E-state index is 11.7. The van der Waals surface area contributed by atoms with Crippen molar-refractivity contribution in [3.8, 4) is 5.75 Å². The highest BCUT2D eigenvalue weighted by Gasteiger charge is 2.12. The van der Waals surface area contributed by atoms with Gasteiger partial charge in [-0.2, -0.15) is 0 Å². The van der Waals surface area contributed by atoms with Crippen LogP contribution in [0.25, 0.3) is 0 Å². The van der Waals surface area contributed by atoms with Gasteiger partial charge in [0.25, 0.3) is 0 Å². The first-order valence-electron chi connectivity index (χ1n) is 7.50. The van der Waals surface area contributed by atoms with E-state index in [-0.39, 0.29) is 5.91 Å². The standard InChI is InChI=1S/C16H24N2O2/c19-16(9-12-20-15-6-2-1-3-7-15)18-11-8-14-5-4-10-17-13-14/h1-3,6-7,14,17H,4-5,8-13H2,(H,18,19). The molecule has 1 atom stereocenters. The largest absolute Gasteiger partial charge is 0.493 e. The summed E-state index contributed by atoms with van der Waals surface area (Å²) >= 11 is 0. The maximum absolute atomic E-state index is 11.7. The van der Waals surface area contributed by atoms with Crippen LogP contribution in [0.1, 0.15) is 25.7 Å². The van der Waals surface area contributed by atoms with Crippen LogP contribution in [0.4, 0.5) is 0 Å². The lowest BCUT2D eigenvalue weighted by atomic mass is 9.96. The van der Waals surface area contributed by atoms with Crippen LogP contribution in [0, 0.1) is 5.92 Å². The molecule has 1 aromatic carbocycles. The van der Waals surface area contributed by atoms with E-state index in [1.807, 2.05) is 30.3 Å². The minimum absolute atomic E-state index is 0.0738. The molecule has 4 nitrogen and oxygen atoms in total. The first kappa shape index (κ1) is 14.9. The first-order chi connectivity index (χ1) is 9.84. The van der Waals surface area contributed by atoms with Crippen molar-refractivity contribution in [2.45, 2.75) is 25.7 Å². The number of para-hydroxylation sites is 1. The van der Waals surface area contributed by atoms with E-state index in [4.69, 9.17) is 4.74 Å². The second-order valence-corrected chi connectivity index (χ2v) is 5.26. The summed E-state index contributed by atoms with van der Waals surface area (Å²) in [7, 11) is 0. The molecule has 20 heavy (non-hydrogen) atoms. The number of amides is 1. The van der Waals surface area contributed by atoms with Crippen molar-refractivity contribution in [2.75, 3.05) is 26.2 Å². The summed E-state index contributed by atoms with van der Waals surface area (Å²) in [5.41, 5.74) is 0. The number of nitrogens with one attached hydrogen (secondary N) is 2. The fourth-order valence-corrected chi connectivity index (χ4v) is 2.45. The van der Waals surface area contributed by atoms with Crippen LogP contribution in [-0.2, 0) is 4.79 Å². The van der Waals surface area contributed by atoms with Crippen LogP contribution in [0.3, 0.4) is 0 Å². The summed E-state index contributed by atoms with van der Waals surface area (Å²) in [4.78, 5) is 11.7. The van der Waals surface area contributed by atoms with Crippen LogP contribution < -0.4 is 15.4 Å². The molecule has 2 rings (SSSR count). The average Bonchev–Trinajstić information content (AvgIpc) is 2.49. The molecule has 1 heterocycles. The Morgan fingerprint density at radius 1 is 1.35 bits per heavy atom. The molecular formula is C16H24N2O2. The number of carbonyl (C=O) groups excluding carboxylic acids is 1. The van der Waals surface area contributed by atoms with Gasteiger partial charge in [0, 0.05) is 6.54 Å². The summed E-state index contributed by atoms with van der Waals surface area (Å²) in [6.07, 6.45) is 4.01. The Morgan fingerprint density at radius 2 is 2.20 bits per heavy atom. The lowest BCUT2D eigenvalue weighted by Crippen LogP contribution is -2.33. The zero-order valence-corrected chi connectivity index (χ0v) is 11.9. The zero-order chi connectivity index (χ0) is 14.0. The topological polar surface area (TPSA) is 50.4 Å². The average molecular weight is 276 g/mol. The Labute approximate surface area is 120 Å². The van der Waals surface area contributed by atoms with E-state index in [9.17, 15) is 4.79 Å². The van der Waals surface area contributed by atoms with Crippen molar-refractivity contribution in [1.82, 2.24) is 10.6 Å². The van der Waals surface area contributed by atoms with Gasteiger partial charge in [-0.1, -0.05) is 18.2 Å². The van der Waals surface area contributed by atoms with Gasteiger partial charge in [-0.15, -0.1) is 0 Å². The molecule has 1 unspecified atom stereocenters. The first-order valence-corrected chi connectivity index (χ1v) is 7.50. The number of hydrogen-bond acceptors (Lipinski definition) is 3. The number of piperidine rings is 1. The van der Waals surface area contributed by atoms with Gasteiger partial charge in [-0.25, -0.2) is 0 Å². The van der Waals surface area contributed by atoms with E-state index in [1.54, 1.807) is 0 Å². The fraction of sp³-hybridized carbons (Fsp3) is 0.562. The Kier molecular flexibility index (Phi) is 6.38. The Balaban J connectivity index is 1.52. The zero-order valence-electron chi connectivity index (χ0n) is 11.9. The molecule has 1 fully saturated rings. The van der Waals surface area contributed by atoms with Crippen LogP contribution in [0.15, 0.2) is 30.3 Å². The van der Waals surface area contributed by atoms with E-state index in [2.05, 4.69) is 10.6 Å². The molecule has 0 saturated carbocycles. The van der Waals surface area contributed by atoms with Gasteiger partial charge in [-0.3, -0.25) is 4.79 Å². The van der Waals surface area contributed by atoms with Gasteiger partial charge < -0.3 is 15.4 Å². The molecule has 0 aliphatic carbocycles. The highest BCUT2D eigenvalue weighted by Crippen LogP contribution is 2.13. The predicted molar refractivity (Wildman–Crippen MR) is 79.8 cm³/mol. The van der Waals surface area contributed by atoms with E-state index in [0.29, 0.717) is 18.9 Å². The van der Waals surface area contributed by atoms with Crippen molar-refractivity contribution >= 4 is 5.91 Å². The van der Waals surface area contributed by atoms with E-state index in [0.717, 1.165) is 31.8 Å². The van der Waals surface area contributed by atoms with E-state index < -0.39 is 0 Å². The third-order valence-corrected chi connectivity index (χ3v) is 3.61. The second kappa shape index (κ2) is 8.59. The molecule has 1 saturated heterocycles. The molecule has 2 N–H and O–H groups in total. The van der Waals surface area contributed by atoms with Crippen LogP contribution in [0.2, 0.25) is 0 Å². The lowest BCUT2D eigenvalue weighted by Gasteiger charge is -2.22. The lowest BCUT2D eigenvalue weighted by molar-refractivity contribution is -0.121. The minimum atomic E-state index is 0.0738. The molecule has 1 amide bonds. The summed E-state index contributed by atoms with van der Waals surface area (Å²) in [6.45, 7) is 3.43. The SMILES string of the molecule is O=C(CCOc1ccccc1)NCCC1CCCNC1. The highest BCUT2D eigenvalue weighted by atomic mass is 16.5. The molecule has 0 bridgehead atoms. The third-order valence-electron chi connectivity index (χ3n) is 3.61. The summed E-state index contributed by atoms with van der Waals surface area (Å²) in [5, 5.41) is 6.36. The quantitative estimate of drug-likeness (QED) is 0.800. The van der Waals surface area contributed by atoms with Crippen molar-refractivity contribution < 1.29 is 9.53 Å². The van der Waals surface area contributed by atoms with Crippen LogP contribution >= 0.6 is 0 Å². The van der Waals surface area contributed by atoms with Gasteiger partial charge in [0.15, 0.2) is 0 Å². The smallest absolute Gasteiger partial charge is 0.223 e. The van der Waals surface area contributed by atoms with Gasteiger partial charge in [-0.05, 0) is 50.4 Å². The fourth-order valence-electron chi connectivity index (χ4n) is 2.45. The van der Waals surface area contributed by atoms with Gasteiger partial charge in [0.2, 0.25) is 5.91 Å². The molecule has 0 radical (unpaired) electrons.